The zero-order valence-corrected chi connectivity index (χ0v) is 52.9. The molecule has 0 radical (unpaired) electrons. The average molecular weight is 1170 g/mol. The summed E-state index contributed by atoms with van der Waals surface area (Å²) in [6, 6.07) is 50.6. The summed E-state index contributed by atoms with van der Waals surface area (Å²) in [5, 5.41) is 9.97. The van der Waals surface area contributed by atoms with E-state index >= 15 is 0 Å². The number of aromatic carboxylic acids is 1. The third-order valence-corrected chi connectivity index (χ3v) is 17.7. The average Bonchev–Trinajstić information content (AvgIpc) is 1.68. The lowest BCUT2D eigenvalue weighted by Crippen LogP contribution is -2.12. The van der Waals surface area contributed by atoms with Gasteiger partial charge in [0, 0.05) is 61.4 Å². The molecule has 9 heteroatoms. The maximum Gasteiger partial charge on any atom is 0.335 e. The number of benzene rings is 6. The van der Waals surface area contributed by atoms with Crippen molar-refractivity contribution in [3.8, 4) is 56.0 Å². The molecule has 11 rings (SSSR count). The Kier molecular flexibility index (Phi) is 18.4. The van der Waals surface area contributed by atoms with Crippen LogP contribution < -0.4 is 14.4 Å². The first-order valence-electron chi connectivity index (χ1n) is 31.7. The van der Waals surface area contributed by atoms with E-state index in [2.05, 4.69) is 230 Å². The molecule has 2 atom stereocenters. The first-order chi connectivity index (χ1) is 42.7. The summed E-state index contributed by atoms with van der Waals surface area (Å²) in [4.78, 5) is 33.6. The van der Waals surface area contributed by atoms with Crippen LogP contribution in [0.2, 0.25) is 0 Å². The quantitative estimate of drug-likeness (QED) is 0.0619. The lowest BCUT2D eigenvalue weighted by atomic mass is 9.92. The SMILES string of the molecule is CCCCC(CC)COc1ccc(N(c2ccc(OCC(CC)CCCC)cc2)c2ccc(-c3c4nc(c(-c5c(C)cc(C)cc5C)c5ccc([nH]5)c(-c5ccc(C(=O)O)cc5)c5nc(c(-c6c(C)cc(C)cc6C)c6ccc3[nH]6)C=C5)C=C4)cc2)cc1. The van der Waals surface area contributed by atoms with E-state index in [1.165, 1.54) is 49.7 Å². The zero-order valence-electron chi connectivity index (χ0n) is 52.9. The van der Waals surface area contributed by atoms with Gasteiger partial charge in [0.1, 0.15) is 11.5 Å². The monoisotopic (exact) mass is 1170 g/mol. The van der Waals surface area contributed by atoms with Crippen LogP contribution in [0.25, 0.3) is 90.9 Å². The molecule has 8 bridgehead atoms. The van der Waals surface area contributed by atoms with Crippen molar-refractivity contribution in [2.45, 2.75) is 121 Å². The first kappa shape index (κ1) is 60.5. The molecular weight excluding hydrogens is 1080 g/mol. The zero-order chi connectivity index (χ0) is 61.6. The summed E-state index contributed by atoms with van der Waals surface area (Å²) >= 11 is 0. The van der Waals surface area contributed by atoms with E-state index in [0.29, 0.717) is 25.0 Å². The normalized spacial score (nSPS) is 12.6. The Bertz CT molecular complexity index is 4080. The highest BCUT2D eigenvalue weighted by atomic mass is 16.5. The summed E-state index contributed by atoms with van der Waals surface area (Å²) in [5.41, 5.74) is 24.8. The molecule has 3 N–H and O–H groups in total. The molecule has 2 unspecified atom stereocenters. The van der Waals surface area contributed by atoms with E-state index < -0.39 is 5.97 Å². The Hall–Kier alpha value is -9.21. The number of ether oxygens (including phenoxy) is 2. The summed E-state index contributed by atoms with van der Waals surface area (Å²) in [7, 11) is 0. The van der Waals surface area contributed by atoms with Gasteiger partial charge in [-0.25, -0.2) is 14.8 Å². The van der Waals surface area contributed by atoms with Crippen LogP contribution in [0.15, 0.2) is 146 Å². The molecule has 2 aliphatic rings. The standard InChI is InChI=1S/C79H83N5O4/c1-11-15-17-55(13-3)47-87-63-31-27-61(28-32-63)84(62-29-33-64(34-30-62)88-48-56(14-4)18-16-12-2)60-25-23-58(24-26-60)76-67-37-41-71(82-67)77(73-51(7)43-49(5)44-52(73)8)69-39-35-65(80-69)75(57-19-21-59(22-20-57)79(85)86)66-36-40-70(81-66)78(72-42-38-68(76)83-72)74-53(9)45-50(6)46-54(74)10/h19-46,55-56,80,83H,11-18,47-48H2,1-10H3,(H,85,86). The number of aromatic nitrogens is 4. The maximum atomic E-state index is 12.2. The highest BCUT2D eigenvalue weighted by molar-refractivity contribution is 6.01. The molecule has 0 saturated heterocycles. The Morgan fingerprint density at radius 2 is 0.773 bits per heavy atom. The van der Waals surface area contributed by atoms with Gasteiger partial charge in [0.05, 0.1) is 41.6 Å². The summed E-state index contributed by atoms with van der Waals surface area (Å²) in [6.07, 6.45) is 17.9. The Morgan fingerprint density at radius 1 is 0.443 bits per heavy atom. The van der Waals surface area contributed by atoms with Crippen LogP contribution in [-0.2, 0) is 0 Å². The molecule has 88 heavy (non-hydrogen) atoms. The molecular formula is C79H83N5O4. The number of aryl methyl sites for hydroxylation is 6. The number of fused-ring (bicyclic) bond motifs is 8. The van der Waals surface area contributed by atoms with E-state index in [1.54, 1.807) is 12.1 Å². The van der Waals surface area contributed by atoms with Crippen molar-refractivity contribution in [3.63, 3.8) is 0 Å². The second kappa shape index (κ2) is 26.8. The molecule has 0 aliphatic carbocycles. The van der Waals surface area contributed by atoms with Gasteiger partial charge < -0.3 is 29.4 Å². The summed E-state index contributed by atoms with van der Waals surface area (Å²) in [6.45, 7) is 23.5. The van der Waals surface area contributed by atoms with Crippen LogP contribution in [0, 0.1) is 53.4 Å². The van der Waals surface area contributed by atoms with Crippen LogP contribution in [0.5, 0.6) is 11.5 Å². The number of carboxylic acids is 1. The van der Waals surface area contributed by atoms with Crippen molar-refractivity contribution >= 4 is 69.4 Å². The molecule has 5 heterocycles. The fraction of sp³-hybridized carbons (Fsp3) is 0.278. The van der Waals surface area contributed by atoms with Crippen LogP contribution >= 0.6 is 0 Å². The van der Waals surface area contributed by atoms with Gasteiger partial charge in [0.2, 0.25) is 0 Å². The number of nitrogens with one attached hydrogen (secondary N) is 2. The molecule has 448 valence electrons. The van der Waals surface area contributed by atoms with Crippen molar-refractivity contribution in [1.82, 2.24) is 19.9 Å². The van der Waals surface area contributed by atoms with E-state index in [4.69, 9.17) is 19.4 Å². The van der Waals surface area contributed by atoms with Crippen molar-refractivity contribution in [2.75, 3.05) is 18.1 Å². The third-order valence-electron chi connectivity index (χ3n) is 17.7. The second-order valence-corrected chi connectivity index (χ2v) is 24.3. The number of anilines is 3. The molecule has 0 saturated carbocycles. The largest absolute Gasteiger partial charge is 0.493 e. The molecule has 9 nitrogen and oxygen atoms in total. The van der Waals surface area contributed by atoms with Gasteiger partial charge in [-0.3, -0.25) is 0 Å². The van der Waals surface area contributed by atoms with Crippen LogP contribution in [-0.4, -0.2) is 44.2 Å². The fourth-order valence-corrected chi connectivity index (χ4v) is 13.1. The van der Waals surface area contributed by atoms with Gasteiger partial charge in [0.15, 0.2) is 0 Å². The second-order valence-electron chi connectivity index (χ2n) is 24.3. The topological polar surface area (TPSA) is 116 Å². The lowest BCUT2D eigenvalue weighted by Gasteiger charge is -2.26. The van der Waals surface area contributed by atoms with Crippen LogP contribution in [0.4, 0.5) is 17.1 Å². The number of carboxylic acid groups (broad SMARTS) is 1. The van der Waals surface area contributed by atoms with Crippen LogP contribution in [0.3, 0.4) is 0 Å². The highest BCUT2D eigenvalue weighted by Gasteiger charge is 2.23. The number of hydrogen-bond acceptors (Lipinski definition) is 6. The van der Waals surface area contributed by atoms with E-state index in [9.17, 15) is 9.90 Å². The maximum absolute atomic E-state index is 12.2. The Labute approximate surface area is 519 Å². The lowest BCUT2D eigenvalue weighted by molar-refractivity contribution is 0.0697. The van der Waals surface area contributed by atoms with E-state index in [1.807, 2.05) is 12.1 Å². The molecule has 0 spiro atoms. The molecule has 3 aromatic heterocycles. The van der Waals surface area contributed by atoms with Gasteiger partial charge >= 0.3 is 5.97 Å². The fourth-order valence-electron chi connectivity index (χ4n) is 13.1. The highest BCUT2D eigenvalue weighted by Crippen LogP contribution is 2.43. The predicted molar refractivity (Wildman–Crippen MR) is 368 cm³/mol. The molecule has 6 aromatic carbocycles. The number of aromatic amines is 2. The number of unbranched alkanes of at least 4 members (excludes halogenated alkanes) is 2. The minimum atomic E-state index is -0.977. The smallest absolute Gasteiger partial charge is 0.335 e. The number of nitrogens with zero attached hydrogens (tertiary/aromatic N) is 3. The Morgan fingerprint density at radius 3 is 1.11 bits per heavy atom. The van der Waals surface area contributed by atoms with Gasteiger partial charge in [-0.05, 0) is 232 Å². The third kappa shape index (κ3) is 12.9. The van der Waals surface area contributed by atoms with Crippen molar-refractivity contribution in [2.24, 2.45) is 11.8 Å². The van der Waals surface area contributed by atoms with Crippen molar-refractivity contribution in [1.29, 1.82) is 0 Å². The Balaban J connectivity index is 1.12. The minimum Gasteiger partial charge on any atom is -0.493 e. The molecule has 2 aliphatic heterocycles. The van der Waals surface area contributed by atoms with Crippen molar-refractivity contribution < 1.29 is 19.4 Å². The summed E-state index contributed by atoms with van der Waals surface area (Å²) in [5.74, 6) is 1.82. The van der Waals surface area contributed by atoms with Crippen LogP contribution in [0.1, 0.15) is 146 Å². The van der Waals surface area contributed by atoms with Gasteiger partial charge in [-0.1, -0.05) is 126 Å². The first-order valence-corrected chi connectivity index (χ1v) is 31.7. The summed E-state index contributed by atoms with van der Waals surface area (Å²) < 4.78 is 12.9. The van der Waals surface area contributed by atoms with E-state index in [-0.39, 0.29) is 5.56 Å². The number of rotatable bonds is 22. The van der Waals surface area contributed by atoms with Crippen molar-refractivity contribution in [3.05, 3.63) is 207 Å². The van der Waals surface area contributed by atoms with Gasteiger partial charge in [-0.15, -0.1) is 0 Å². The molecule has 0 fully saturated rings. The van der Waals surface area contributed by atoms with Gasteiger partial charge in [0.25, 0.3) is 0 Å². The van der Waals surface area contributed by atoms with E-state index in [0.717, 1.165) is 153 Å². The molecule has 9 aromatic rings. The number of carbonyl (C=O) groups is 1. The predicted octanol–water partition coefficient (Wildman–Crippen LogP) is 21.5. The van der Waals surface area contributed by atoms with Gasteiger partial charge in [-0.2, -0.15) is 0 Å². The number of hydrogen-bond donors (Lipinski definition) is 3. The molecule has 0 amide bonds. The minimum absolute atomic E-state index is 0.216. The number of H-pyrrole nitrogens is 2.